The highest BCUT2D eigenvalue weighted by molar-refractivity contribution is 5.94. The van der Waals surface area contributed by atoms with Crippen molar-refractivity contribution in [2.24, 2.45) is 0 Å². The number of hydrogen-bond donors (Lipinski definition) is 1. The van der Waals surface area contributed by atoms with Gasteiger partial charge < -0.3 is 10.5 Å². The van der Waals surface area contributed by atoms with E-state index >= 15 is 0 Å². The number of hydrogen-bond acceptors (Lipinski definition) is 5. The summed E-state index contributed by atoms with van der Waals surface area (Å²) in [7, 11) is 0. The summed E-state index contributed by atoms with van der Waals surface area (Å²) in [5.41, 5.74) is 7.32. The third-order valence-corrected chi connectivity index (χ3v) is 2.73. The Bertz CT molecular complexity index is 742. The van der Waals surface area contributed by atoms with Crippen LogP contribution in [0.15, 0.2) is 42.7 Å². The second kappa shape index (κ2) is 4.53. The van der Waals surface area contributed by atoms with Crippen LogP contribution >= 0.6 is 0 Å². The highest BCUT2D eigenvalue weighted by Crippen LogP contribution is 2.30. The van der Waals surface area contributed by atoms with Crippen molar-refractivity contribution in [3.8, 4) is 11.6 Å². The summed E-state index contributed by atoms with van der Waals surface area (Å²) in [5.74, 6) is 1.78. The van der Waals surface area contributed by atoms with E-state index in [-0.39, 0.29) is 0 Å². The Kier molecular flexibility index (Phi) is 2.72. The van der Waals surface area contributed by atoms with E-state index < -0.39 is 0 Å². The van der Waals surface area contributed by atoms with Gasteiger partial charge in [0, 0.05) is 29.5 Å². The molecule has 5 nitrogen and oxygen atoms in total. The second-order valence-electron chi connectivity index (χ2n) is 4.10. The number of nitrogen functional groups attached to an aromatic ring is 1. The average Bonchev–Trinajstić information content (AvgIpc) is 2.42. The summed E-state index contributed by atoms with van der Waals surface area (Å²) in [6.07, 6.45) is 3.37. The van der Waals surface area contributed by atoms with Crippen LogP contribution in [0.25, 0.3) is 10.9 Å². The number of anilines is 1. The maximum atomic E-state index is 5.92. The molecule has 0 saturated heterocycles. The first-order valence-electron chi connectivity index (χ1n) is 5.85. The quantitative estimate of drug-likeness (QED) is 0.710. The molecule has 5 heteroatoms. The van der Waals surface area contributed by atoms with Gasteiger partial charge in [0.05, 0.1) is 0 Å². The van der Waals surface area contributed by atoms with Crippen LogP contribution in [-0.2, 0) is 0 Å². The average molecular weight is 252 g/mol. The van der Waals surface area contributed by atoms with Crippen molar-refractivity contribution >= 4 is 16.6 Å². The molecule has 0 aliphatic heterocycles. The van der Waals surface area contributed by atoms with Gasteiger partial charge in [-0.05, 0) is 31.2 Å². The Morgan fingerprint density at radius 3 is 2.79 bits per heavy atom. The molecular formula is C14H12N4O. The van der Waals surface area contributed by atoms with Gasteiger partial charge in [-0.1, -0.05) is 0 Å². The summed E-state index contributed by atoms with van der Waals surface area (Å²) in [4.78, 5) is 12.5. The largest absolute Gasteiger partial charge is 0.437 e. The molecule has 2 N–H and O–H groups in total. The van der Waals surface area contributed by atoms with Crippen molar-refractivity contribution in [2.75, 3.05) is 5.73 Å². The normalized spacial score (nSPS) is 10.6. The third kappa shape index (κ3) is 2.18. The van der Waals surface area contributed by atoms with Crippen LogP contribution < -0.4 is 10.5 Å². The Balaban J connectivity index is 2.09. The minimum atomic E-state index is 0.490. The highest BCUT2D eigenvalue weighted by Gasteiger charge is 2.07. The predicted octanol–water partition coefficient (Wildman–Crippen LogP) is 2.71. The van der Waals surface area contributed by atoms with Crippen LogP contribution in [-0.4, -0.2) is 15.0 Å². The van der Waals surface area contributed by atoms with E-state index in [1.807, 2.05) is 19.1 Å². The lowest BCUT2D eigenvalue weighted by molar-refractivity contribution is 0.464. The fourth-order valence-corrected chi connectivity index (χ4v) is 1.86. The smallest absolute Gasteiger partial charge is 0.222 e. The van der Waals surface area contributed by atoms with Crippen molar-refractivity contribution < 1.29 is 4.74 Å². The van der Waals surface area contributed by atoms with Gasteiger partial charge in [0.1, 0.15) is 11.3 Å². The van der Waals surface area contributed by atoms with Gasteiger partial charge in [-0.15, -0.1) is 0 Å². The summed E-state index contributed by atoms with van der Waals surface area (Å²) >= 11 is 0. The number of aryl methyl sites for hydroxylation is 1. The van der Waals surface area contributed by atoms with Crippen LogP contribution in [0.2, 0.25) is 0 Å². The fourth-order valence-electron chi connectivity index (χ4n) is 1.86. The van der Waals surface area contributed by atoms with Gasteiger partial charge in [-0.2, -0.15) is 4.98 Å². The van der Waals surface area contributed by atoms with E-state index in [0.717, 1.165) is 10.9 Å². The SMILES string of the molecule is Cc1nccc(Oc2ccc(N)c3cccnc23)n1. The van der Waals surface area contributed by atoms with Crippen LogP contribution in [0.4, 0.5) is 5.69 Å². The zero-order valence-corrected chi connectivity index (χ0v) is 10.4. The molecule has 94 valence electrons. The number of pyridine rings is 1. The highest BCUT2D eigenvalue weighted by atomic mass is 16.5. The number of aromatic nitrogens is 3. The molecule has 0 unspecified atom stereocenters. The predicted molar refractivity (Wildman–Crippen MR) is 73.0 cm³/mol. The summed E-state index contributed by atoms with van der Waals surface area (Å²) in [6.45, 7) is 1.81. The van der Waals surface area contributed by atoms with Gasteiger partial charge in [-0.3, -0.25) is 4.98 Å². The molecule has 0 fully saturated rings. The first-order chi connectivity index (χ1) is 9.24. The van der Waals surface area contributed by atoms with Crippen LogP contribution in [0.1, 0.15) is 5.82 Å². The Morgan fingerprint density at radius 2 is 1.95 bits per heavy atom. The summed E-state index contributed by atoms with van der Waals surface area (Å²) in [5, 5.41) is 0.866. The fraction of sp³-hybridized carbons (Fsp3) is 0.0714. The van der Waals surface area contributed by atoms with Gasteiger partial charge >= 0.3 is 0 Å². The molecule has 0 spiro atoms. The lowest BCUT2D eigenvalue weighted by Crippen LogP contribution is -1.95. The zero-order chi connectivity index (χ0) is 13.2. The molecule has 0 saturated carbocycles. The van der Waals surface area contributed by atoms with Crippen molar-refractivity contribution in [3.05, 3.63) is 48.5 Å². The summed E-state index contributed by atoms with van der Waals surface area (Å²) < 4.78 is 5.76. The first-order valence-corrected chi connectivity index (χ1v) is 5.85. The minimum absolute atomic E-state index is 0.490. The van der Waals surface area contributed by atoms with Crippen LogP contribution in [0.3, 0.4) is 0 Å². The van der Waals surface area contributed by atoms with Crippen molar-refractivity contribution in [1.82, 2.24) is 15.0 Å². The summed E-state index contributed by atoms with van der Waals surface area (Å²) in [6, 6.07) is 9.06. The maximum Gasteiger partial charge on any atom is 0.222 e. The standard InChI is InChI=1S/C14H12N4O/c1-9-16-8-6-13(18-9)19-12-5-4-11(15)10-3-2-7-17-14(10)12/h2-8H,15H2,1H3. The zero-order valence-electron chi connectivity index (χ0n) is 10.4. The van der Waals surface area contributed by atoms with Crippen molar-refractivity contribution in [2.45, 2.75) is 6.92 Å². The molecule has 0 aliphatic rings. The number of nitrogens with zero attached hydrogens (tertiary/aromatic N) is 3. The molecule has 0 amide bonds. The molecule has 0 bridgehead atoms. The minimum Gasteiger partial charge on any atom is -0.437 e. The lowest BCUT2D eigenvalue weighted by Gasteiger charge is -2.09. The third-order valence-electron chi connectivity index (χ3n) is 2.73. The van der Waals surface area contributed by atoms with E-state index in [0.29, 0.717) is 23.1 Å². The van der Waals surface area contributed by atoms with Gasteiger partial charge in [-0.25, -0.2) is 4.98 Å². The lowest BCUT2D eigenvalue weighted by atomic mass is 10.2. The van der Waals surface area contributed by atoms with Crippen molar-refractivity contribution in [1.29, 1.82) is 0 Å². The van der Waals surface area contributed by atoms with Gasteiger partial charge in [0.2, 0.25) is 5.88 Å². The van der Waals surface area contributed by atoms with Crippen molar-refractivity contribution in [3.63, 3.8) is 0 Å². The molecule has 19 heavy (non-hydrogen) atoms. The van der Waals surface area contributed by atoms with Crippen LogP contribution in [0, 0.1) is 6.92 Å². The molecule has 3 rings (SSSR count). The van der Waals surface area contributed by atoms with E-state index in [4.69, 9.17) is 10.5 Å². The van der Waals surface area contributed by atoms with E-state index in [1.54, 1.807) is 30.6 Å². The Labute approximate surface area is 110 Å². The molecular weight excluding hydrogens is 240 g/mol. The molecule has 2 aromatic heterocycles. The molecule has 0 radical (unpaired) electrons. The molecule has 0 atom stereocenters. The topological polar surface area (TPSA) is 73.9 Å². The maximum absolute atomic E-state index is 5.92. The number of rotatable bonds is 2. The second-order valence-corrected chi connectivity index (χ2v) is 4.10. The Morgan fingerprint density at radius 1 is 1.05 bits per heavy atom. The molecule has 1 aromatic carbocycles. The number of nitrogens with two attached hydrogens (primary N) is 1. The first kappa shape index (κ1) is 11.4. The van der Waals surface area contributed by atoms with E-state index in [1.165, 1.54) is 0 Å². The number of fused-ring (bicyclic) bond motifs is 1. The van der Waals surface area contributed by atoms with E-state index in [2.05, 4.69) is 15.0 Å². The monoisotopic (exact) mass is 252 g/mol. The molecule has 2 heterocycles. The van der Waals surface area contributed by atoms with Gasteiger partial charge in [0.25, 0.3) is 0 Å². The number of benzene rings is 1. The van der Waals surface area contributed by atoms with E-state index in [9.17, 15) is 0 Å². The van der Waals surface area contributed by atoms with Crippen LogP contribution in [0.5, 0.6) is 11.6 Å². The molecule has 3 aromatic rings. The number of ether oxygens (including phenoxy) is 1. The Hall–Kier alpha value is -2.69. The van der Waals surface area contributed by atoms with Gasteiger partial charge in [0.15, 0.2) is 5.75 Å². The molecule has 0 aliphatic carbocycles.